The first-order valence-corrected chi connectivity index (χ1v) is 6.84. The number of carbonyl (C=O) groups is 2. The first kappa shape index (κ1) is 11.4. The van der Waals surface area contributed by atoms with E-state index in [1.54, 1.807) is 0 Å². The molecule has 1 unspecified atom stereocenters. The molecule has 0 bridgehead atoms. The molecule has 1 N–H and O–H groups in total. The summed E-state index contributed by atoms with van der Waals surface area (Å²) in [5.74, 6) is -1.32. The van der Waals surface area contributed by atoms with Crippen molar-refractivity contribution >= 4 is 36.2 Å². The third kappa shape index (κ3) is 1.55. The zero-order valence-corrected chi connectivity index (χ0v) is 10.7. The van der Waals surface area contributed by atoms with Crippen LogP contribution in [0.25, 0.3) is 9.65 Å². The molecule has 1 saturated heterocycles. The Labute approximate surface area is 106 Å². The Morgan fingerprint density at radius 2 is 2.11 bits per heavy atom. The van der Waals surface area contributed by atoms with Crippen molar-refractivity contribution in [1.29, 1.82) is 0 Å². The predicted octanol–water partition coefficient (Wildman–Crippen LogP) is -0.215. The standard InChI is InChI=1S/C11H7FN2O3Se/c12-6-3-1-2-5-9(6)18-14(11(5)17)7-4-8(15)13-10(7)16/h1-3,7H,4H2,(H,13,15,16). The van der Waals surface area contributed by atoms with Crippen LogP contribution in [-0.4, -0.2) is 30.1 Å². The van der Waals surface area contributed by atoms with Gasteiger partial charge < -0.3 is 0 Å². The van der Waals surface area contributed by atoms with Gasteiger partial charge in [0, 0.05) is 0 Å². The molecule has 1 aliphatic heterocycles. The maximum absolute atomic E-state index is 13.6. The number of carbonyl (C=O) groups excluding carboxylic acids is 2. The molecule has 2 aromatic rings. The van der Waals surface area contributed by atoms with Crippen molar-refractivity contribution < 1.29 is 14.0 Å². The maximum atomic E-state index is 13.6. The molecule has 0 aliphatic carbocycles. The average molecular weight is 313 g/mol. The number of halogens is 1. The summed E-state index contributed by atoms with van der Waals surface area (Å²) in [5, 5.41) is 2.44. The van der Waals surface area contributed by atoms with Gasteiger partial charge in [-0.15, -0.1) is 0 Å². The normalized spacial score (nSPS) is 19.5. The molecule has 1 fully saturated rings. The number of nitrogens with zero attached hydrogens (tertiary/aromatic N) is 1. The first-order chi connectivity index (χ1) is 8.58. The van der Waals surface area contributed by atoms with Crippen molar-refractivity contribution in [2.75, 3.05) is 0 Å². The summed E-state index contributed by atoms with van der Waals surface area (Å²) < 4.78 is 15.2. The van der Waals surface area contributed by atoms with E-state index in [0.29, 0.717) is 9.65 Å². The third-order valence-electron chi connectivity index (χ3n) is 2.81. The van der Waals surface area contributed by atoms with Gasteiger partial charge in [0.2, 0.25) is 0 Å². The van der Waals surface area contributed by atoms with Crippen molar-refractivity contribution in [3.05, 3.63) is 34.4 Å². The van der Waals surface area contributed by atoms with E-state index in [-0.39, 0.29) is 12.0 Å². The van der Waals surface area contributed by atoms with Gasteiger partial charge in [-0.2, -0.15) is 0 Å². The van der Waals surface area contributed by atoms with E-state index in [0.717, 1.165) is 0 Å². The van der Waals surface area contributed by atoms with Crippen LogP contribution in [0.5, 0.6) is 0 Å². The predicted molar refractivity (Wildman–Crippen MR) is 61.9 cm³/mol. The van der Waals surface area contributed by atoms with Crippen LogP contribution in [0.4, 0.5) is 4.39 Å². The number of imide groups is 1. The van der Waals surface area contributed by atoms with E-state index in [1.807, 2.05) is 0 Å². The van der Waals surface area contributed by atoms with Gasteiger partial charge in [-0.3, -0.25) is 0 Å². The molecule has 1 atom stereocenters. The number of hydrogen-bond donors (Lipinski definition) is 1. The second-order valence-corrected chi connectivity index (χ2v) is 6.04. The van der Waals surface area contributed by atoms with Gasteiger partial charge >= 0.3 is 106 Å². The van der Waals surface area contributed by atoms with E-state index in [2.05, 4.69) is 5.32 Å². The van der Waals surface area contributed by atoms with Crippen LogP contribution in [0.15, 0.2) is 23.0 Å². The number of aromatic nitrogens is 1. The van der Waals surface area contributed by atoms with Crippen molar-refractivity contribution in [3.8, 4) is 0 Å². The topological polar surface area (TPSA) is 68.2 Å². The Hall–Kier alpha value is -1.72. The fourth-order valence-corrected chi connectivity index (χ4v) is 4.24. The Morgan fingerprint density at radius 3 is 2.72 bits per heavy atom. The van der Waals surface area contributed by atoms with E-state index >= 15 is 0 Å². The molecular weight excluding hydrogens is 306 g/mol. The first-order valence-electron chi connectivity index (χ1n) is 5.21. The van der Waals surface area contributed by atoms with Crippen LogP contribution in [0.2, 0.25) is 0 Å². The number of nitrogens with one attached hydrogen (secondary N) is 1. The summed E-state index contributed by atoms with van der Waals surface area (Å²) in [6.07, 6.45) is -0.0398. The van der Waals surface area contributed by atoms with Crippen LogP contribution >= 0.6 is 0 Å². The van der Waals surface area contributed by atoms with E-state index in [9.17, 15) is 18.8 Å². The molecule has 0 saturated carbocycles. The molecule has 92 valence electrons. The Bertz CT molecular complexity index is 733. The molecule has 2 amide bonds. The van der Waals surface area contributed by atoms with Crippen LogP contribution in [0.1, 0.15) is 12.5 Å². The minimum atomic E-state index is -0.795. The van der Waals surface area contributed by atoms with E-state index in [1.165, 1.54) is 21.8 Å². The molecule has 5 nitrogen and oxygen atoms in total. The summed E-state index contributed by atoms with van der Waals surface area (Å²) in [6, 6.07) is 3.50. The van der Waals surface area contributed by atoms with Gasteiger partial charge in [-0.05, 0) is 0 Å². The Morgan fingerprint density at radius 1 is 1.33 bits per heavy atom. The second kappa shape index (κ2) is 3.90. The van der Waals surface area contributed by atoms with Crippen molar-refractivity contribution in [3.63, 3.8) is 0 Å². The molecular formula is C11H7FN2O3Se. The molecule has 7 heteroatoms. The molecule has 18 heavy (non-hydrogen) atoms. The van der Waals surface area contributed by atoms with Crippen molar-refractivity contribution in [1.82, 2.24) is 8.88 Å². The van der Waals surface area contributed by atoms with Gasteiger partial charge in [-0.1, -0.05) is 0 Å². The van der Waals surface area contributed by atoms with Gasteiger partial charge in [-0.25, -0.2) is 0 Å². The van der Waals surface area contributed by atoms with Gasteiger partial charge in [0.05, 0.1) is 0 Å². The zero-order valence-electron chi connectivity index (χ0n) is 8.97. The fourth-order valence-electron chi connectivity index (χ4n) is 1.96. The van der Waals surface area contributed by atoms with Crippen LogP contribution in [0, 0.1) is 5.82 Å². The summed E-state index contributed by atoms with van der Waals surface area (Å²) >= 11 is -0.593. The molecule has 0 spiro atoms. The summed E-state index contributed by atoms with van der Waals surface area (Å²) in [4.78, 5) is 34.7. The monoisotopic (exact) mass is 314 g/mol. The van der Waals surface area contributed by atoms with Crippen LogP contribution in [-0.2, 0) is 9.59 Å². The molecule has 1 aromatic carbocycles. The van der Waals surface area contributed by atoms with Gasteiger partial charge in [0.25, 0.3) is 0 Å². The van der Waals surface area contributed by atoms with Crippen LogP contribution < -0.4 is 10.9 Å². The SMILES string of the molecule is O=C1CC(n2[se]c3c(F)cccc3c2=O)C(=O)N1. The number of rotatable bonds is 1. The van der Waals surface area contributed by atoms with Crippen LogP contribution in [0.3, 0.4) is 0 Å². The number of fused-ring (bicyclic) bond motifs is 1. The van der Waals surface area contributed by atoms with Gasteiger partial charge in [0.15, 0.2) is 0 Å². The molecule has 2 heterocycles. The van der Waals surface area contributed by atoms with Crippen molar-refractivity contribution in [2.45, 2.75) is 12.5 Å². The fraction of sp³-hybridized carbons (Fsp3) is 0.182. The van der Waals surface area contributed by atoms with E-state index < -0.39 is 38.4 Å². The van der Waals surface area contributed by atoms with Crippen molar-refractivity contribution in [2.24, 2.45) is 0 Å². The summed E-state index contributed by atoms with van der Waals surface area (Å²) in [6.45, 7) is 0. The van der Waals surface area contributed by atoms with E-state index in [4.69, 9.17) is 0 Å². The molecule has 1 aliphatic rings. The Kier molecular flexibility index (Phi) is 2.46. The zero-order chi connectivity index (χ0) is 12.9. The molecule has 3 rings (SSSR count). The number of amides is 2. The molecule has 0 radical (unpaired) electrons. The minimum absolute atomic E-state index is 0.0398. The summed E-state index contributed by atoms with van der Waals surface area (Å²) in [7, 11) is 0. The average Bonchev–Trinajstić information content (AvgIpc) is 2.81. The quantitative estimate of drug-likeness (QED) is 0.585. The number of hydrogen-bond acceptors (Lipinski definition) is 3. The number of benzene rings is 1. The van der Waals surface area contributed by atoms with Gasteiger partial charge in [0.1, 0.15) is 0 Å². The third-order valence-corrected chi connectivity index (χ3v) is 5.36. The molecule has 1 aromatic heterocycles. The second-order valence-electron chi connectivity index (χ2n) is 3.97. The Balaban J connectivity index is 2.22. The summed E-state index contributed by atoms with van der Waals surface area (Å²) in [5.41, 5.74) is -0.376.